The Hall–Kier alpha value is -1.81. The van der Waals surface area contributed by atoms with Crippen molar-refractivity contribution in [2.24, 2.45) is 5.73 Å². The maximum atomic E-state index is 6.49. The molecule has 0 spiro atoms. The van der Waals surface area contributed by atoms with Gasteiger partial charge >= 0.3 is 0 Å². The molecule has 20 heavy (non-hydrogen) atoms. The van der Waals surface area contributed by atoms with Crippen LogP contribution in [0.15, 0.2) is 24.4 Å². The maximum Gasteiger partial charge on any atom is 0.161 e. The Morgan fingerprint density at radius 1 is 1.25 bits per heavy atom. The number of nitrogens with two attached hydrogens (primary N) is 1. The highest BCUT2D eigenvalue weighted by molar-refractivity contribution is 5.41. The van der Waals surface area contributed by atoms with Gasteiger partial charge in [0.2, 0.25) is 0 Å². The number of rotatable bonds is 4. The van der Waals surface area contributed by atoms with Crippen LogP contribution in [0.5, 0.6) is 5.75 Å². The minimum atomic E-state index is -0.240. The summed E-state index contributed by atoms with van der Waals surface area (Å²) in [5, 5.41) is 4.39. The fourth-order valence-corrected chi connectivity index (χ4v) is 2.54. The quantitative estimate of drug-likeness (QED) is 0.931. The highest BCUT2D eigenvalue weighted by Crippen LogP contribution is 2.31. The van der Waals surface area contributed by atoms with E-state index >= 15 is 0 Å². The predicted molar refractivity (Wildman–Crippen MR) is 81.1 cm³/mol. The molecule has 4 nitrogen and oxygen atoms in total. The first-order chi connectivity index (χ1) is 9.45. The van der Waals surface area contributed by atoms with Crippen LogP contribution in [0.2, 0.25) is 0 Å². The van der Waals surface area contributed by atoms with Gasteiger partial charge in [-0.3, -0.25) is 4.68 Å². The van der Waals surface area contributed by atoms with Gasteiger partial charge in [-0.2, -0.15) is 5.10 Å². The van der Waals surface area contributed by atoms with Gasteiger partial charge in [0.05, 0.1) is 19.3 Å². The van der Waals surface area contributed by atoms with Gasteiger partial charge in [-0.25, -0.2) is 0 Å². The van der Waals surface area contributed by atoms with Crippen molar-refractivity contribution in [1.29, 1.82) is 0 Å². The van der Waals surface area contributed by atoms with E-state index < -0.39 is 0 Å². The van der Waals surface area contributed by atoms with E-state index in [0.717, 1.165) is 17.0 Å². The molecule has 4 heteroatoms. The molecule has 0 amide bonds. The fraction of sp³-hybridized carbons (Fsp3) is 0.438. The summed E-state index contributed by atoms with van der Waals surface area (Å²) in [6, 6.07) is 6.33. The normalized spacial score (nSPS) is 12.8. The van der Waals surface area contributed by atoms with Crippen molar-refractivity contribution >= 4 is 0 Å². The van der Waals surface area contributed by atoms with Crippen molar-refractivity contribution in [1.82, 2.24) is 9.78 Å². The molecule has 108 valence electrons. The van der Waals surface area contributed by atoms with Crippen LogP contribution in [0.25, 0.3) is 0 Å². The molecule has 1 aromatic carbocycles. The van der Waals surface area contributed by atoms with Gasteiger partial charge in [-0.1, -0.05) is 23.8 Å². The Bertz CT molecular complexity index is 602. The summed E-state index contributed by atoms with van der Waals surface area (Å²) in [5.41, 5.74) is 10.9. The average molecular weight is 273 g/mol. The molecular weight excluding hydrogens is 250 g/mol. The van der Waals surface area contributed by atoms with Crippen LogP contribution in [-0.4, -0.2) is 16.9 Å². The molecule has 0 saturated heterocycles. The van der Waals surface area contributed by atoms with Crippen LogP contribution in [0, 0.1) is 13.8 Å². The van der Waals surface area contributed by atoms with Crippen LogP contribution in [0.4, 0.5) is 0 Å². The Morgan fingerprint density at radius 3 is 2.50 bits per heavy atom. The molecule has 0 aliphatic carbocycles. The van der Waals surface area contributed by atoms with Crippen molar-refractivity contribution in [3.63, 3.8) is 0 Å². The van der Waals surface area contributed by atoms with E-state index in [4.69, 9.17) is 10.5 Å². The van der Waals surface area contributed by atoms with Crippen molar-refractivity contribution in [3.05, 3.63) is 46.8 Å². The first-order valence-electron chi connectivity index (χ1n) is 6.89. The lowest BCUT2D eigenvalue weighted by molar-refractivity contribution is 0.401. The molecule has 2 rings (SSSR count). The third kappa shape index (κ3) is 2.56. The molecule has 0 bridgehead atoms. The monoisotopic (exact) mass is 273 g/mol. The number of ether oxygens (including phenoxy) is 1. The number of hydrogen-bond acceptors (Lipinski definition) is 3. The SMILES string of the molecule is COc1cnn(C(C)C)c1C(N)c1ccc(C)cc1C. The maximum absolute atomic E-state index is 6.49. The molecule has 0 radical (unpaired) electrons. The van der Waals surface area contributed by atoms with Crippen LogP contribution < -0.4 is 10.5 Å². The number of aromatic nitrogens is 2. The van der Waals surface area contributed by atoms with E-state index in [-0.39, 0.29) is 12.1 Å². The Balaban J connectivity index is 2.52. The van der Waals surface area contributed by atoms with Crippen molar-refractivity contribution in [2.75, 3.05) is 7.11 Å². The summed E-state index contributed by atoms with van der Waals surface area (Å²) in [6.07, 6.45) is 1.73. The van der Waals surface area contributed by atoms with E-state index in [1.807, 2.05) is 4.68 Å². The zero-order valence-corrected chi connectivity index (χ0v) is 12.8. The third-order valence-corrected chi connectivity index (χ3v) is 3.56. The second-order valence-corrected chi connectivity index (χ2v) is 5.47. The standard InChI is InChI=1S/C16H23N3O/c1-10(2)19-16(14(20-5)9-18-19)15(17)13-7-6-11(3)8-12(13)4/h6-10,15H,17H2,1-5H3. The second kappa shape index (κ2) is 5.67. The summed E-state index contributed by atoms with van der Waals surface area (Å²) < 4.78 is 7.35. The molecule has 0 aliphatic rings. The second-order valence-electron chi connectivity index (χ2n) is 5.47. The highest BCUT2D eigenvalue weighted by Gasteiger charge is 2.22. The van der Waals surface area contributed by atoms with E-state index in [2.05, 4.69) is 51.0 Å². The minimum Gasteiger partial charge on any atom is -0.493 e. The summed E-state index contributed by atoms with van der Waals surface area (Å²) in [5.74, 6) is 0.742. The zero-order valence-electron chi connectivity index (χ0n) is 12.8. The van der Waals surface area contributed by atoms with Gasteiger partial charge in [0.1, 0.15) is 5.69 Å². The first-order valence-corrected chi connectivity index (χ1v) is 6.89. The van der Waals surface area contributed by atoms with E-state index in [9.17, 15) is 0 Å². The fourth-order valence-electron chi connectivity index (χ4n) is 2.54. The molecule has 0 aliphatic heterocycles. The summed E-state index contributed by atoms with van der Waals surface area (Å²) in [7, 11) is 1.65. The van der Waals surface area contributed by atoms with Crippen LogP contribution in [0.1, 0.15) is 48.3 Å². The average Bonchev–Trinajstić information content (AvgIpc) is 2.81. The zero-order chi connectivity index (χ0) is 14.9. The van der Waals surface area contributed by atoms with Gasteiger partial charge in [0.15, 0.2) is 5.75 Å². The number of hydrogen-bond donors (Lipinski definition) is 1. The Morgan fingerprint density at radius 2 is 1.95 bits per heavy atom. The molecule has 1 atom stereocenters. The third-order valence-electron chi connectivity index (χ3n) is 3.56. The van der Waals surface area contributed by atoms with E-state index in [0.29, 0.717) is 0 Å². The molecule has 1 heterocycles. The van der Waals surface area contributed by atoms with Gasteiger partial charge in [0, 0.05) is 6.04 Å². The smallest absolute Gasteiger partial charge is 0.161 e. The number of methoxy groups -OCH3 is 1. The molecular formula is C16H23N3O. The first kappa shape index (κ1) is 14.6. The molecule has 0 fully saturated rings. The van der Waals surface area contributed by atoms with Crippen LogP contribution in [-0.2, 0) is 0 Å². The Labute approximate surface area is 120 Å². The lowest BCUT2D eigenvalue weighted by Crippen LogP contribution is -2.20. The number of nitrogens with zero attached hydrogens (tertiary/aromatic N) is 2. The van der Waals surface area contributed by atoms with Crippen LogP contribution in [0.3, 0.4) is 0 Å². The lowest BCUT2D eigenvalue weighted by atomic mass is 9.97. The van der Waals surface area contributed by atoms with Crippen molar-refractivity contribution in [3.8, 4) is 5.75 Å². The van der Waals surface area contributed by atoms with Gasteiger partial charge in [-0.15, -0.1) is 0 Å². The van der Waals surface area contributed by atoms with Gasteiger partial charge in [0.25, 0.3) is 0 Å². The van der Waals surface area contributed by atoms with Gasteiger partial charge < -0.3 is 10.5 Å². The number of benzene rings is 1. The largest absolute Gasteiger partial charge is 0.493 e. The summed E-state index contributed by atoms with van der Waals surface area (Å²) >= 11 is 0. The number of aryl methyl sites for hydroxylation is 2. The topological polar surface area (TPSA) is 53.1 Å². The molecule has 1 aromatic heterocycles. The van der Waals surface area contributed by atoms with Crippen molar-refractivity contribution in [2.45, 2.75) is 39.8 Å². The highest BCUT2D eigenvalue weighted by atomic mass is 16.5. The van der Waals surface area contributed by atoms with E-state index in [1.165, 1.54) is 11.1 Å². The predicted octanol–water partition coefficient (Wildman–Crippen LogP) is 3.14. The summed E-state index contributed by atoms with van der Waals surface area (Å²) in [4.78, 5) is 0. The van der Waals surface area contributed by atoms with Crippen molar-refractivity contribution < 1.29 is 4.74 Å². The molecule has 2 N–H and O–H groups in total. The molecule has 2 aromatic rings. The lowest BCUT2D eigenvalue weighted by Gasteiger charge is -2.20. The Kier molecular flexibility index (Phi) is 4.14. The van der Waals surface area contributed by atoms with E-state index in [1.54, 1.807) is 13.3 Å². The van der Waals surface area contributed by atoms with Crippen LogP contribution >= 0.6 is 0 Å². The van der Waals surface area contributed by atoms with Gasteiger partial charge in [-0.05, 0) is 38.8 Å². The molecule has 0 saturated carbocycles. The summed E-state index contributed by atoms with van der Waals surface area (Å²) in [6.45, 7) is 8.35. The molecule has 1 unspecified atom stereocenters. The minimum absolute atomic E-state index is 0.240.